The molecular weight excluding hydrogens is 466 g/mol. The normalized spacial score (nSPS) is 11.5. The van der Waals surface area contributed by atoms with Crippen LogP contribution in [0.1, 0.15) is 45.7 Å². The van der Waals surface area contributed by atoms with Crippen LogP contribution in [0.15, 0.2) is 46.1 Å². The molecule has 0 bridgehead atoms. The highest BCUT2D eigenvalue weighted by molar-refractivity contribution is 5.92. The maximum atomic E-state index is 13.2. The number of aromatic nitrogens is 2. The number of carbonyl (C=O) groups excluding carboxylic acids is 3. The molecule has 1 aromatic carbocycles. The maximum absolute atomic E-state index is 13.2. The molecule has 36 heavy (non-hydrogen) atoms. The number of hydrogen-bond acceptors (Lipinski definition) is 6. The lowest BCUT2D eigenvalue weighted by molar-refractivity contribution is -0.146. The minimum atomic E-state index is -1.32. The molecular formula is C25H35N5O6. The molecule has 11 nitrogen and oxygen atoms in total. The summed E-state index contributed by atoms with van der Waals surface area (Å²) >= 11 is 0. The third-order valence-corrected chi connectivity index (χ3v) is 5.37. The van der Waals surface area contributed by atoms with Crippen LogP contribution in [0.25, 0.3) is 0 Å². The molecule has 0 saturated carbocycles. The van der Waals surface area contributed by atoms with Gasteiger partial charge in [0, 0.05) is 30.4 Å². The highest BCUT2D eigenvalue weighted by Crippen LogP contribution is 2.17. The molecule has 2 rings (SSSR count). The van der Waals surface area contributed by atoms with Crippen molar-refractivity contribution in [2.24, 2.45) is 0 Å². The van der Waals surface area contributed by atoms with Crippen molar-refractivity contribution in [2.45, 2.75) is 65.8 Å². The predicted molar refractivity (Wildman–Crippen MR) is 134 cm³/mol. The summed E-state index contributed by atoms with van der Waals surface area (Å²) in [5, 5.41) is 5.28. The number of H-pyrrole nitrogens is 1. The van der Waals surface area contributed by atoms with Gasteiger partial charge in [0.2, 0.25) is 11.8 Å². The minimum Gasteiger partial charge on any atom is -0.445 e. The lowest BCUT2D eigenvalue weighted by atomic mass is 9.98. The predicted octanol–water partition coefficient (Wildman–Crippen LogP) is 1.29. The number of benzene rings is 1. The molecule has 0 aliphatic carbocycles. The molecule has 0 saturated heterocycles. The first kappa shape index (κ1) is 28.3. The standard InChI is InChI=1S/C25H35N5O6/c1-17-15-29(22(34)27-20(17)32)12-13-30(25(5,6)21(33)28-24(2,3)4)19(31)14-26-23(35)36-16-18-10-8-7-9-11-18/h7-11,15H,12-14,16H2,1-6H3,(H,26,35)(H,28,33)(H,27,32,34). The number of aryl methyl sites for hydroxylation is 1. The Morgan fingerprint density at radius 1 is 1.06 bits per heavy atom. The second-order valence-corrected chi connectivity index (χ2v) is 9.99. The van der Waals surface area contributed by atoms with Gasteiger partial charge in [0.25, 0.3) is 5.56 Å². The minimum absolute atomic E-state index is 0.0207. The Hall–Kier alpha value is -3.89. The molecule has 2 aromatic rings. The number of alkyl carbamates (subject to hydrolysis) is 1. The summed E-state index contributed by atoms with van der Waals surface area (Å²) in [6.45, 7) is 9.80. The van der Waals surface area contributed by atoms with Crippen LogP contribution >= 0.6 is 0 Å². The van der Waals surface area contributed by atoms with E-state index in [9.17, 15) is 24.0 Å². The van der Waals surface area contributed by atoms with Gasteiger partial charge in [-0.25, -0.2) is 9.59 Å². The third kappa shape index (κ3) is 8.10. The Bertz CT molecular complexity index is 1190. The fourth-order valence-corrected chi connectivity index (χ4v) is 3.34. The van der Waals surface area contributed by atoms with Crippen molar-refractivity contribution in [3.63, 3.8) is 0 Å². The number of ether oxygens (including phenoxy) is 1. The summed E-state index contributed by atoms with van der Waals surface area (Å²) in [4.78, 5) is 65.8. The van der Waals surface area contributed by atoms with Crippen molar-refractivity contribution in [3.8, 4) is 0 Å². The van der Waals surface area contributed by atoms with Gasteiger partial charge in [0.15, 0.2) is 0 Å². The number of aromatic amines is 1. The van der Waals surface area contributed by atoms with Crippen molar-refractivity contribution < 1.29 is 19.1 Å². The number of carbonyl (C=O) groups is 3. The summed E-state index contributed by atoms with van der Waals surface area (Å²) in [5.74, 6) is -0.949. The van der Waals surface area contributed by atoms with Gasteiger partial charge < -0.3 is 20.3 Å². The second kappa shape index (κ2) is 11.7. The van der Waals surface area contributed by atoms with E-state index in [-0.39, 0.29) is 19.7 Å². The topological polar surface area (TPSA) is 143 Å². The van der Waals surface area contributed by atoms with E-state index in [1.54, 1.807) is 32.9 Å². The number of hydrogen-bond donors (Lipinski definition) is 3. The number of rotatable bonds is 9. The Morgan fingerprint density at radius 2 is 1.69 bits per heavy atom. The number of nitrogens with one attached hydrogen (secondary N) is 3. The highest BCUT2D eigenvalue weighted by atomic mass is 16.5. The first-order valence-electron chi connectivity index (χ1n) is 11.6. The monoisotopic (exact) mass is 501 g/mol. The zero-order valence-corrected chi connectivity index (χ0v) is 21.6. The summed E-state index contributed by atoms with van der Waals surface area (Å²) in [7, 11) is 0. The van der Waals surface area contributed by atoms with Crippen LogP contribution in [0.5, 0.6) is 0 Å². The Morgan fingerprint density at radius 3 is 2.31 bits per heavy atom. The van der Waals surface area contributed by atoms with Gasteiger partial charge in [0.1, 0.15) is 18.7 Å². The van der Waals surface area contributed by atoms with Crippen LogP contribution in [-0.4, -0.2) is 56.5 Å². The molecule has 0 atom stereocenters. The van der Waals surface area contributed by atoms with E-state index in [4.69, 9.17) is 4.74 Å². The van der Waals surface area contributed by atoms with E-state index >= 15 is 0 Å². The molecule has 0 unspecified atom stereocenters. The molecule has 196 valence electrons. The molecule has 0 fully saturated rings. The first-order chi connectivity index (χ1) is 16.7. The van der Waals surface area contributed by atoms with Crippen LogP contribution in [0.2, 0.25) is 0 Å². The summed E-state index contributed by atoms with van der Waals surface area (Å²) < 4.78 is 6.41. The van der Waals surface area contributed by atoms with Crippen LogP contribution in [0.4, 0.5) is 4.79 Å². The second-order valence-electron chi connectivity index (χ2n) is 9.99. The quantitative estimate of drug-likeness (QED) is 0.473. The lowest BCUT2D eigenvalue weighted by Gasteiger charge is -2.39. The third-order valence-electron chi connectivity index (χ3n) is 5.37. The molecule has 1 aromatic heterocycles. The van der Waals surface area contributed by atoms with E-state index < -0.39 is 46.8 Å². The van der Waals surface area contributed by atoms with Crippen molar-refractivity contribution in [2.75, 3.05) is 13.1 Å². The Balaban J connectivity index is 2.16. The van der Waals surface area contributed by atoms with Crippen molar-refractivity contribution in [3.05, 3.63) is 68.5 Å². The number of nitrogens with zero attached hydrogens (tertiary/aromatic N) is 2. The smallest absolute Gasteiger partial charge is 0.407 e. The van der Waals surface area contributed by atoms with E-state index in [1.165, 1.54) is 15.7 Å². The Labute approximate surface area is 209 Å². The van der Waals surface area contributed by atoms with Crippen molar-refractivity contribution in [1.29, 1.82) is 0 Å². The van der Waals surface area contributed by atoms with E-state index in [0.29, 0.717) is 5.56 Å². The highest BCUT2D eigenvalue weighted by Gasteiger charge is 2.39. The average Bonchev–Trinajstić information content (AvgIpc) is 2.79. The fourth-order valence-electron chi connectivity index (χ4n) is 3.34. The molecule has 0 spiro atoms. The Kier molecular flexibility index (Phi) is 9.21. The zero-order chi connectivity index (χ0) is 27.1. The van der Waals surface area contributed by atoms with Gasteiger partial charge in [0.05, 0.1) is 0 Å². The lowest BCUT2D eigenvalue weighted by Crippen LogP contribution is -2.62. The molecule has 3 N–H and O–H groups in total. The van der Waals surface area contributed by atoms with Crippen molar-refractivity contribution in [1.82, 2.24) is 25.1 Å². The van der Waals surface area contributed by atoms with E-state index in [1.807, 2.05) is 39.0 Å². The molecule has 0 radical (unpaired) electrons. The molecule has 1 heterocycles. The number of amides is 3. The fraction of sp³-hybridized carbons (Fsp3) is 0.480. The zero-order valence-electron chi connectivity index (χ0n) is 21.6. The SMILES string of the molecule is Cc1cn(CCN(C(=O)CNC(=O)OCc2ccccc2)C(C)(C)C(=O)NC(C)(C)C)c(=O)[nH]c1=O. The summed E-state index contributed by atoms with van der Waals surface area (Å²) in [6, 6.07) is 9.08. The molecule has 0 aliphatic heterocycles. The van der Waals surface area contributed by atoms with Gasteiger partial charge in [-0.15, -0.1) is 0 Å². The van der Waals surface area contributed by atoms with Gasteiger partial charge in [-0.1, -0.05) is 30.3 Å². The van der Waals surface area contributed by atoms with Crippen LogP contribution in [-0.2, 0) is 27.5 Å². The van der Waals surface area contributed by atoms with Crippen LogP contribution in [0.3, 0.4) is 0 Å². The largest absolute Gasteiger partial charge is 0.445 e. The molecule has 11 heteroatoms. The van der Waals surface area contributed by atoms with Crippen molar-refractivity contribution >= 4 is 17.9 Å². The molecule has 0 aliphatic rings. The van der Waals surface area contributed by atoms with Crippen LogP contribution in [0, 0.1) is 6.92 Å². The molecule has 3 amide bonds. The van der Waals surface area contributed by atoms with E-state index in [0.717, 1.165) is 5.56 Å². The van der Waals surface area contributed by atoms with Gasteiger partial charge in [-0.05, 0) is 47.1 Å². The summed E-state index contributed by atoms with van der Waals surface area (Å²) in [5.41, 5.74) is -1.86. The summed E-state index contributed by atoms with van der Waals surface area (Å²) in [6.07, 6.45) is 0.613. The van der Waals surface area contributed by atoms with E-state index in [2.05, 4.69) is 15.6 Å². The van der Waals surface area contributed by atoms with Crippen LogP contribution < -0.4 is 21.9 Å². The first-order valence-corrected chi connectivity index (χ1v) is 11.6. The van der Waals surface area contributed by atoms with Gasteiger partial charge in [-0.3, -0.25) is 23.9 Å². The maximum Gasteiger partial charge on any atom is 0.407 e. The van der Waals surface area contributed by atoms with Gasteiger partial charge >= 0.3 is 11.8 Å². The average molecular weight is 502 g/mol. The van der Waals surface area contributed by atoms with Gasteiger partial charge in [-0.2, -0.15) is 0 Å².